The minimum Gasteiger partial charge on any atom is -0.497 e. The van der Waals surface area contributed by atoms with Crippen molar-refractivity contribution in [3.05, 3.63) is 81.5 Å². The summed E-state index contributed by atoms with van der Waals surface area (Å²) in [5.41, 5.74) is 2.26. The quantitative estimate of drug-likeness (QED) is 0.488. The highest BCUT2D eigenvalue weighted by atomic mass is 32.1. The molecule has 182 valence electrons. The van der Waals surface area contributed by atoms with E-state index in [1.807, 2.05) is 64.9 Å². The Morgan fingerprint density at radius 2 is 1.86 bits per heavy atom. The molecule has 7 heteroatoms. The molecule has 0 bridgehead atoms. The summed E-state index contributed by atoms with van der Waals surface area (Å²) in [4.78, 5) is 30.8. The number of ether oxygens (including phenoxy) is 2. The summed E-state index contributed by atoms with van der Waals surface area (Å²) in [6.07, 6.45) is 4.18. The molecule has 3 aromatic rings. The molecule has 1 N–H and O–H groups in total. The van der Waals surface area contributed by atoms with Crippen molar-refractivity contribution < 1.29 is 19.1 Å². The first-order valence-electron chi connectivity index (χ1n) is 12.1. The Bertz CT molecular complexity index is 1200. The van der Waals surface area contributed by atoms with Gasteiger partial charge in [0.05, 0.1) is 26.2 Å². The predicted molar refractivity (Wildman–Crippen MR) is 136 cm³/mol. The lowest BCUT2D eigenvalue weighted by atomic mass is 9.80. The summed E-state index contributed by atoms with van der Waals surface area (Å²) in [5, 5.41) is 5.16. The number of hydrogen-bond acceptors (Lipinski definition) is 5. The zero-order valence-electron chi connectivity index (χ0n) is 20.0. The number of nitrogens with one attached hydrogen (secondary N) is 1. The van der Waals surface area contributed by atoms with Crippen LogP contribution in [-0.2, 0) is 11.3 Å². The van der Waals surface area contributed by atoms with E-state index in [-0.39, 0.29) is 23.9 Å². The van der Waals surface area contributed by atoms with E-state index in [9.17, 15) is 9.59 Å². The minimum atomic E-state index is -0.500. The number of carbonyl (C=O) groups excluding carboxylic acids is 2. The number of fused-ring (bicyclic) bond motifs is 1. The Balaban J connectivity index is 1.53. The van der Waals surface area contributed by atoms with Crippen LogP contribution in [0.4, 0.5) is 0 Å². The molecular weight excluding hydrogens is 460 g/mol. The van der Waals surface area contributed by atoms with Crippen molar-refractivity contribution in [1.82, 2.24) is 10.2 Å². The van der Waals surface area contributed by atoms with Gasteiger partial charge in [-0.1, -0.05) is 37.1 Å². The van der Waals surface area contributed by atoms with Crippen LogP contribution in [0.15, 0.2) is 60.0 Å². The van der Waals surface area contributed by atoms with Crippen LogP contribution in [-0.4, -0.2) is 37.0 Å². The van der Waals surface area contributed by atoms with Crippen LogP contribution in [0.1, 0.15) is 64.0 Å². The standard InChI is InChI=1S/C28H30N2O4S/c1-33-20-13-14-23(34-2)18(16-20)17-29-27(31)25-21-10-5-6-11-22(21)28(32)30(19-8-3-4-9-19)26(25)24-12-7-15-35-24/h5-7,10-16,19,25-26H,3-4,8-9,17H2,1-2H3,(H,29,31)/t25-,26-/m1/s1. The molecule has 1 fully saturated rings. The highest BCUT2D eigenvalue weighted by Crippen LogP contribution is 2.47. The number of amides is 2. The molecule has 1 aliphatic heterocycles. The maximum absolute atomic E-state index is 13.9. The van der Waals surface area contributed by atoms with Gasteiger partial charge in [0, 0.05) is 28.6 Å². The Hall–Kier alpha value is -3.32. The summed E-state index contributed by atoms with van der Waals surface area (Å²) < 4.78 is 10.9. The normalized spacial score (nSPS) is 19.9. The second-order valence-electron chi connectivity index (χ2n) is 9.07. The summed E-state index contributed by atoms with van der Waals surface area (Å²) in [6.45, 7) is 0.298. The predicted octanol–water partition coefficient (Wildman–Crippen LogP) is 5.31. The van der Waals surface area contributed by atoms with Gasteiger partial charge in [-0.3, -0.25) is 9.59 Å². The van der Waals surface area contributed by atoms with Crippen molar-refractivity contribution in [3.63, 3.8) is 0 Å². The zero-order valence-corrected chi connectivity index (χ0v) is 20.8. The van der Waals surface area contributed by atoms with Gasteiger partial charge in [0.15, 0.2) is 0 Å². The van der Waals surface area contributed by atoms with Crippen molar-refractivity contribution in [3.8, 4) is 11.5 Å². The van der Waals surface area contributed by atoms with Gasteiger partial charge in [-0.05, 0) is 54.1 Å². The molecule has 6 nitrogen and oxygen atoms in total. The highest BCUT2D eigenvalue weighted by Gasteiger charge is 2.47. The highest BCUT2D eigenvalue weighted by molar-refractivity contribution is 7.10. The van der Waals surface area contributed by atoms with Gasteiger partial charge in [0.1, 0.15) is 11.5 Å². The lowest BCUT2D eigenvalue weighted by molar-refractivity contribution is -0.124. The molecular formula is C28H30N2O4S. The van der Waals surface area contributed by atoms with E-state index in [2.05, 4.69) is 5.32 Å². The average Bonchev–Trinajstić information content (AvgIpc) is 3.62. The van der Waals surface area contributed by atoms with Gasteiger partial charge in [0.2, 0.25) is 5.91 Å². The number of carbonyl (C=O) groups is 2. The van der Waals surface area contributed by atoms with Crippen molar-refractivity contribution in [2.45, 2.75) is 50.2 Å². The van der Waals surface area contributed by atoms with Crippen LogP contribution in [0.5, 0.6) is 11.5 Å². The maximum atomic E-state index is 13.9. The first-order valence-corrected chi connectivity index (χ1v) is 12.9. The molecule has 2 atom stereocenters. The Morgan fingerprint density at radius 3 is 2.57 bits per heavy atom. The van der Waals surface area contributed by atoms with Crippen molar-refractivity contribution in [1.29, 1.82) is 0 Å². The Morgan fingerprint density at radius 1 is 1.06 bits per heavy atom. The topological polar surface area (TPSA) is 67.9 Å². The van der Waals surface area contributed by atoms with Crippen LogP contribution in [0.2, 0.25) is 0 Å². The third-order valence-corrected chi connectivity index (χ3v) is 8.10. The lowest BCUT2D eigenvalue weighted by Gasteiger charge is -2.44. The van der Waals surface area contributed by atoms with Gasteiger partial charge in [-0.15, -0.1) is 11.3 Å². The van der Waals surface area contributed by atoms with Gasteiger partial charge in [-0.2, -0.15) is 0 Å². The molecule has 1 saturated carbocycles. The van der Waals surface area contributed by atoms with Crippen molar-refractivity contribution in [2.24, 2.45) is 0 Å². The molecule has 0 saturated heterocycles. The summed E-state index contributed by atoms with van der Waals surface area (Å²) in [5.74, 6) is 0.820. The van der Waals surface area contributed by atoms with E-state index in [0.717, 1.165) is 41.7 Å². The summed E-state index contributed by atoms with van der Waals surface area (Å²) in [6, 6.07) is 17.0. The molecule has 1 aliphatic carbocycles. The first kappa shape index (κ1) is 23.4. The summed E-state index contributed by atoms with van der Waals surface area (Å²) >= 11 is 1.60. The average molecular weight is 491 g/mol. The fraction of sp³-hybridized carbons (Fsp3) is 0.357. The molecule has 2 heterocycles. The van der Waals surface area contributed by atoms with Gasteiger partial charge < -0.3 is 19.7 Å². The Labute approximate surface area is 209 Å². The number of rotatable bonds is 7. The van der Waals surface area contributed by atoms with E-state index < -0.39 is 5.92 Å². The van der Waals surface area contributed by atoms with Crippen LogP contribution in [0.25, 0.3) is 0 Å². The number of nitrogens with zero attached hydrogens (tertiary/aromatic N) is 1. The number of methoxy groups -OCH3 is 2. The fourth-order valence-corrected chi connectivity index (χ4v) is 6.35. The van der Waals surface area contributed by atoms with Crippen molar-refractivity contribution >= 4 is 23.2 Å². The smallest absolute Gasteiger partial charge is 0.254 e. The van der Waals surface area contributed by atoms with E-state index in [1.54, 1.807) is 25.6 Å². The molecule has 0 radical (unpaired) electrons. The van der Waals surface area contributed by atoms with E-state index in [1.165, 1.54) is 0 Å². The van der Waals surface area contributed by atoms with E-state index in [0.29, 0.717) is 23.6 Å². The minimum absolute atomic E-state index is 0.0319. The molecule has 5 rings (SSSR count). The zero-order chi connectivity index (χ0) is 24.4. The molecule has 0 unspecified atom stereocenters. The molecule has 2 amide bonds. The van der Waals surface area contributed by atoms with Gasteiger partial charge in [-0.25, -0.2) is 0 Å². The molecule has 2 aromatic carbocycles. The first-order chi connectivity index (χ1) is 17.1. The lowest BCUT2D eigenvalue weighted by Crippen LogP contribution is -2.50. The number of benzene rings is 2. The molecule has 2 aliphatic rings. The fourth-order valence-electron chi connectivity index (χ4n) is 5.49. The second kappa shape index (κ2) is 10.1. The van der Waals surface area contributed by atoms with E-state index in [4.69, 9.17) is 9.47 Å². The molecule has 0 spiro atoms. The number of thiophene rings is 1. The van der Waals surface area contributed by atoms with Crippen molar-refractivity contribution in [2.75, 3.05) is 14.2 Å². The number of hydrogen-bond donors (Lipinski definition) is 1. The van der Waals surface area contributed by atoms with Crippen LogP contribution in [0.3, 0.4) is 0 Å². The monoisotopic (exact) mass is 490 g/mol. The third kappa shape index (κ3) is 4.41. The van der Waals surface area contributed by atoms with Gasteiger partial charge in [0.25, 0.3) is 5.91 Å². The van der Waals surface area contributed by atoms with Crippen LogP contribution < -0.4 is 14.8 Å². The van der Waals surface area contributed by atoms with Crippen LogP contribution in [0, 0.1) is 0 Å². The van der Waals surface area contributed by atoms with E-state index >= 15 is 0 Å². The maximum Gasteiger partial charge on any atom is 0.254 e. The Kier molecular flexibility index (Phi) is 6.77. The molecule has 35 heavy (non-hydrogen) atoms. The van der Waals surface area contributed by atoms with Crippen LogP contribution >= 0.6 is 11.3 Å². The third-order valence-electron chi connectivity index (χ3n) is 7.15. The molecule has 1 aromatic heterocycles. The SMILES string of the molecule is COc1ccc(OC)c(CNC(=O)[C@@H]2c3ccccc3C(=O)N(C3CCCC3)[C@@H]2c2cccs2)c1. The summed E-state index contributed by atoms with van der Waals surface area (Å²) in [7, 11) is 3.23. The second-order valence-corrected chi connectivity index (χ2v) is 10.1. The largest absolute Gasteiger partial charge is 0.497 e. The van der Waals surface area contributed by atoms with Gasteiger partial charge >= 0.3 is 0 Å².